The minimum atomic E-state index is -1.16. The van der Waals surface area contributed by atoms with E-state index in [-0.39, 0.29) is 13.0 Å². The summed E-state index contributed by atoms with van der Waals surface area (Å²) in [6.45, 7) is -0.358. The molecule has 1 atom stereocenters. The summed E-state index contributed by atoms with van der Waals surface area (Å²) in [7, 11) is 0. The molecule has 2 aromatic rings. The lowest BCUT2D eigenvalue weighted by Gasteiger charge is -2.15. The van der Waals surface area contributed by atoms with Crippen LogP contribution in [0.5, 0.6) is 0 Å². The monoisotopic (exact) mass is 461 g/mol. The minimum absolute atomic E-state index is 0.116. The van der Waals surface area contributed by atoms with E-state index in [0.29, 0.717) is 11.3 Å². The Kier molecular flexibility index (Phi) is 8.16. The zero-order valence-corrected chi connectivity index (χ0v) is 16.8. The summed E-state index contributed by atoms with van der Waals surface area (Å²) in [5, 5.41) is 20.3. The zero-order chi connectivity index (χ0) is 21.2. The van der Waals surface area contributed by atoms with Crippen LogP contribution in [-0.4, -0.2) is 41.8 Å². The van der Waals surface area contributed by atoms with Crippen molar-refractivity contribution >= 4 is 45.7 Å². The lowest BCUT2D eigenvalue weighted by Crippen LogP contribution is -2.46. The summed E-state index contributed by atoms with van der Waals surface area (Å²) in [6, 6.07) is 12.5. The second-order valence-corrected chi connectivity index (χ2v) is 6.89. The molecule has 0 aliphatic carbocycles. The van der Waals surface area contributed by atoms with Gasteiger partial charge in [-0.15, -0.1) is 0 Å². The smallest absolute Gasteiger partial charge is 0.326 e. The number of rotatable bonds is 9. The third-order valence-electron chi connectivity index (χ3n) is 3.80. The summed E-state index contributed by atoms with van der Waals surface area (Å²) in [5.41, 5.74) is 1.66. The number of nitrogens with zero attached hydrogens (tertiary/aromatic N) is 1. The molecule has 0 spiro atoms. The Morgan fingerprint density at radius 3 is 2.62 bits per heavy atom. The molecule has 29 heavy (non-hydrogen) atoms. The van der Waals surface area contributed by atoms with Crippen LogP contribution in [0.1, 0.15) is 15.9 Å². The Morgan fingerprint density at radius 2 is 1.93 bits per heavy atom. The predicted octanol–water partition coefficient (Wildman–Crippen LogP) is 1.30. The molecule has 0 fully saturated rings. The number of aliphatic carboxylic acids is 1. The Bertz CT molecular complexity index is 919. The average molecular weight is 462 g/mol. The quantitative estimate of drug-likeness (QED) is 0.164. The predicted molar refractivity (Wildman–Crippen MR) is 112 cm³/mol. The van der Waals surface area contributed by atoms with Gasteiger partial charge in [0, 0.05) is 22.1 Å². The number of amides is 2. The molecule has 0 saturated heterocycles. The van der Waals surface area contributed by atoms with Gasteiger partial charge in [-0.25, -0.2) is 4.79 Å². The molecule has 1 unspecified atom stereocenters. The number of carboxylic acids is 1. The van der Waals surface area contributed by atoms with Gasteiger partial charge >= 0.3 is 5.97 Å². The molecule has 0 saturated carbocycles. The third kappa shape index (κ3) is 7.26. The van der Waals surface area contributed by atoms with Crippen molar-refractivity contribution in [1.29, 1.82) is 0 Å². The summed E-state index contributed by atoms with van der Waals surface area (Å²) < 4.78 is 0.812. The van der Waals surface area contributed by atoms with E-state index in [0.717, 1.165) is 10.0 Å². The van der Waals surface area contributed by atoms with Gasteiger partial charge in [0.25, 0.3) is 5.91 Å². The number of carbonyl (C=O) groups excluding carboxylic acids is 2. The molecular formula is C19H20BrN5O4. The van der Waals surface area contributed by atoms with Crippen LogP contribution < -0.4 is 21.8 Å². The molecule has 6 N–H and O–H groups in total. The maximum Gasteiger partial charge on any atom is 0.326 e. The van der Waals surface area contributed by atoms with Gasteiger partial charge < -0.3 is 26.9 Å². The highest BCUT2D eigenvalue weighted by Gasteiger charge is 2.21. The van der Waals surface area contributed by atoms with Crippen molar-refractivity contribution in [1.82, 2.24) is 10.6 Å². The molecule has 10 heteroatoms. The number of hydrogen-bond donors (Lipinski definition) is 5. The topological polar surface area (TPSA) is 146 Å². The van der Waals surface area contributed by atoms with Gasteiger partial charge in [0.15, 0.2) is 0 Å². The first-order chi connectivity index (χ1) is 13.9. The number of carboxylic acid groups (broad SMARTS) is 1. The van der Waals surface area contributed by atoms with E-state index in [2.05, 4.69) is 37.0 Å². The lowest BCUT2D eigenvalue weighted by molar-refractivity contribution is -0.141. The summed E-state index contributed by atoms with van der Waals surface area (Å²) in [4.78, 5) is 35.8. The van der Waals surface area contributed by atoms with Crippen molar-refractivity contribution in [3.63, 3.8) is 0 Å². The number of anilines is 1. The molecule has 0 radical (unpaired) electrons. The van der Waals surface area contributed by atoms with Crippen LogP contribution >= 0.6 is 15.9 Å². The normalized spacial score (nSPS) is 11.6. The average Bonchev–Trinajstić information content (AvgIpc) is 2.70. The number of nitrogens with two attached hydrogens (primary N) is 1. The van der Waals surface area contributed by atoms with Crippen LogP contribution in [0.15, 0.2) is 58.1 Å². The molecule has 0 heterocycles. The summed E-state index contributed by atoms with van der Waals surface area (Å²) in [5.74, 6) is 2.76. The van der Waals surface area contributed by atoms with Crippen molar-refractivity contribution in [2.24, 2.45) is 10.9 Å². The molecule has 0 aliphatic heterocycles. The SMILES string of the molecule is NN=CNc1cccc(C(=O)NCC(=O)NC(Cc2cccc(Br)c2)C(=O)O)c1. The Hall–Kier alpha value is -3.40. The number of benzene rings is 2. The number of carbonyl (C=O) groups is 3. The fraction of sp³-hybridized carbons (Fsp3) is 0.158. The Balaban J connectivity index is 1.91. The van der Waals surface area contributed by atoms with E-state index in [9.17, 15) is 19.5 Å². The maximum absolute atomic E-state index is 12.2. The van der Waals surface area contributed by atoms with Crippen molar-refractivity contribution in [2.75, 3.05) is 11.9 Å². The van der Waals surface area contributed by atoms with Crippen molar-refractivity contribution in [3.8, 4) is 0 Å². The molecule has 2 aromatic carbocycles. The van der Waals surface area contributed by atoms with Crippen LogP contribution in [0.25, 0.3) is 0 Å². The molecule has 0 aromatic heterocycles. The van der Waals surface area contributed by atoms with Gasteiger partial charge in [0.05, 0.1) is 6.54 Å². The fourth-order valence-corrected chi connectivity index (χ4v) is 2.92. The first-order valence-corrected chi connectivity index (χ1v) is 9.31. The molecule has 9 nitrogen and oxygen atoms in total. The van der Waals surface area contributed by atoms with Crippen molar-refractivity contribution in [3.05, 3.63) is 64.1 Å². The van der Waals surface area contributed by atoms with E-state index in [1.54, 1.807) is 42.5 Å². The number of hydrazone groups is 1. The molecule has 2 rings (SSSR count). The van der Waals surface area contributed by atoms with Crippen molar-refractivity contribution in [2.45, 2.75) is 12.5 Å². The second kappa shape index (κ2) is 10.8. The molecule has 0 bridgehead atoms. The van der Waals surface area contributed by atoms with Crippen LogP contribution in [0.3, 0.4) is 0 Å². The highest BCUT2D eigenvalue weighted by atomic mass is 79.9. The lowest BCUT2D eigenvalue weighted by atomic mass is 10.1. The Labute approximate surface area is 175 Å². The van der Waals surface area contributed by atoms with Crippen LogP contribution in [0.2, 0.25) is 0 Å². The van der Waals surface area contributed by atoms with Gasteiger partial charge in [0.1, 0.15) is 12.4 Å². The molecule has 0 aliphatic rings. The number of halogens is 1. The van der Waals surface area contributed by atoms with E-state index in [4.69, 9.17) is 5.84 Å². The minimum Gasteiger partial charge on any atom is -0.480 e. The fourth-order valence-electron chi connectivity index (χ4n) is 2.47. The number of hydrogen-bond acceptors (Lipinski definition) is 5. The second-order valence-electron chi connectivity index (χ2n) is 5.98. The van der Waals surface area contributed by atoms with Crippen LogP contribution in [0, 0.1) is 0 Å². The highest BCUT2D eigenvalue weighted by Crippen LogP contribution is 2.13. The van der Waals surface area contributed by atoms with E-state index in [1.165, 1.54) is 6.34 Å². The van der Waals surface area contributed by atoms with Gasteiger partial charge in [-0.2, -0.15) is 5.10 Å². The van der Waals surface area contributed by atoms with Gasteiger partial charge in [0.2, 0.25) is 5.91 Å². The van der Waals surface area contributed by atoms with Crippen molar-refractivity contribution < 1.29 is 19.5 Å². The van der Waals surface area contributed by atoms with E-state index >= 15 is 0 Å². The zero-order valence-electron chi connectivity index (χ0n) is 15.3. The summed E-state index contributed by atoms with van der Waals surface area (Å²) in [6.07, 6.45) is 1.38. The van der Waals surface area contributed by atoms with Gasteiger partial charge in [-0.05, 0) is 35.9 Å². The first-order valence-electron chi connectivity index (χ1n) is 8.52. The third-order valence-corrected chi connectivity index (χ3v) is 4.30. The number of nitrogens with one attached hydrogen (secondary N) is 3. The standard InChI is InChI=1S/C19H20BrN5O4/c20-14-5-1-3-12(7-14)8-16(19(28)29)25-17(26)10-22-18(27)13-4-2-6-15(9-13)23-11-24-21/h1-7,9,11,16H,8,10,21H2,(H,22,27)(H,23,24)(H,25,26)(H,28,29). The van der Waals surface area contributed by atoms with E-state index in [1.807, 2.05) is 6.07 Å². The summed E-state index contributed by atoms with van der Waals surface area (Å²) >= 11 is 3.32. The largest absolute Gasteiger partial charge is 0.480 e. The first kappa shape index (κ1) is 21.9. The van der Waals surface area contributed by atoms with Gasteiger partial charge in [-0.1, -0.05) is 34.1 Å². The molecular weight excluding hydrogens is 442 g/mol. The van der Waals surface area contributed by atoms with Gasteiger partial charge in [-0.3, -0.25) is 9.59 Å². The maximum atomic E-state index is 12.2. The van der Waals surface area contributed by atoms with Crippen LogP contribution in [-0.2, 0) is 16.0 Å². The Morgan fingerprint density at radius 1 is 1.17 bits per heavy atom. The van der Waals surface area contributed by atoms with E-state index < -0.39 is 23.8 Å². The highest BCUT2D eigenvalue weighted by molar-refractivity contribution is 9.10. The molecule has 152 valence electrons. The molecule has 2 amide bonds. The van der Waals surface area contributed by atoms with Crippen LogP contribution in [0.4, 0.5) is 5.69 Å².